The molecule has 0 heterocycles. The molecular formula is C13H20N2O3. The highest BCUT2D eigenvalue weighted by molar-refractivity contribution is 5.68. The Balaban J connectivity index is 2.66. The molecule has 5 nitrogen and oxygen atoms in total. The molecule has 0 aliphatic heterocycles. The summed E-state index contributed by atoms with van der Waals surface area (Å²) in [6, 6.07) is 4.86. The Hall–Kier alpha value is -1.91. The van der Waals surface area contributed by atoms with Crippen LogP contribution in [0.4, 0.5) is 10.5 Å². The Kier molecular flexibility index (Phi) is 4.06. The quantitative estimate of drug-likeness (QED) is 0.625. The van der Waals surface area contributed by atoms with E-state index in [2.05, 4.69) is 0 Å². The van der Waals surface area contributed by atoms with Crippen molar-refractivity contribution in [3.63, 3.8) is 0 Å². The number of phenols is 1. The number of hydrogen-bond donors (Lipinski definition) is 2. The van der Waals surface area contributed by atoms with Crippen molar-refractivity contribution < 1.29 is 14.6 Å². The van der Waals surface area contributed by atoms with Gasteiger partial charge in [0, 0.05) is 13.6 Å². The number of carbonyl (C=O) groups is 1. The number of nitrogens with two attached hydrogens (primary N) is 1. The fourth-order valence-corrected chi connectivity index (χ4v) is 1.38. The lowest BCUT2D eigenvalue weighted by molar-refractivity contribution is 0.0285. The van der Waals surface area contributed by atoms with Crippen LogP contribution in [0, 0.1) is 0 Å². The molecule has 0 unspecified atom stereocenters. The molecule has 0 aliphatic carbocycles. The van der Waals surface area contributed by atoms with Gasteiger partial charge in [-0.15, -0.1) is 0 Å². The highest BCUT2D eigenvalue weighted by Crippen LogP contribution is 2.21. The van der Waals surface area contributed by atoms with Crippen molar-refractivity contribution >= 4 is 11.8 Å². The van der Waals surface area contributed by atoms with Crippen molar-refractivity contribution in [1.29, 1.82) is 0 Å². The number of nitrogens with zero attached hydrogens (tertiary/aromatic N) is 1. The average Bonchev–Trinajstić information content (AvgIpc) is 2.21. The maximum Gasteiger partial charge on any atom is 0.410 e. The number of anilines is 1. The van der Waals surface area contributed by atoms with Crippen molar-refractivity contribution in [3.8, 4) is 5.75 Å². The third-order valence-electron chi connectivity index (χ3n) is 2.22. The van der Waals surface area contributed by atoms with Crippen LogP contribution in [0.3, 0.4) is 0 Å². The first-order valence-electron chi connectivity index (χ1n) is 5.70. The van der Waals surface area contributed by atoms with Gasteiger partial charge in [-0.05, 0) is 38.5 Å². The molecule has 1 aromatic rings. The number of phenolic OH excluding ortho intramolecular Hbond substituents is 1. The van der Waals surface area contributed by atoms with Gasteiger partial charge >= 0.3 is 6.09 Å². The zero-order chi connectivity index (χ0) is 13.9. The fourth-order valence-electron chi connectivity index (χ4n) is 1.38. The van der Waals surface area contributed by atoms with Gasteiger partial charge in [0.05, 0.1) is 5.69 Å². The molecule has 0 aromatic heterocycles. The summed E-state index contributed by atoms with van der Waals surface area (Å²) in [4.78, 5) is 13.2. The van der Waals surface area contributed by atoms with Crippen LogP contribution < -0.4 is 5.73 Å². The predicted molar refractivity (Wildman–Crippen MR) is 70.2 cm³/mol. The molecule has 3 N–H and O–H groups in total. The monoisotopic (exact) mass is 252 g/mol. The molecule has 0 spiro atoms. The van der Waals surface area contributed by atoms with E-state index in [0.717, 1.165) is 5.56 Å². The van der Waals surface area contributed by atoms with Gasteiger partial charge in [0.1, 0.15) is 11.4 Å². The zero-order valence-electron chi connectivity index (χ0n) is 11.2. The van der Waals surface area contributed by atoms with Crippen LogP contribution >= 0.6 is 0 Å². The normalized spacial score (nSPS) is 11.1. The number of hydrogen-bond acceptors (Lipinski definition) is 4. The number of aromatic hydroxyl groups is 1. The van der Waals surface area contributed by atoms with Gasteiger partial charge in [-0.1, -0.05) is 6.07 Å². The summed E-state index contributed by atoms with van der Waals surface area (Å²) < 4.78 is 5.23. The van der Waals surface area contributed by atoms with Crippen LogP contribution in [0.5, 0.6) is 5.75 Å². The molecule has 0 saturated carbocycles. The maximum atomic E-state index is 11.7. The van der Waals surface area contributed by atoms with Gasteiger partial charge in [-0.25, -0.2) is 4.79 Å². The molecule has 100 valence electrons. The van der Waals surface area contributed by atoms with Crippen molar-refractivity contribution in [2.24, 2.45) is 0 Å². The van der Waals surface area contributed by atoms with Gasteiger partial charge in [0.2, 0.25) is 0 Å². The molecule has 5 heteroatoms. The van der Waals surface area contributed by atoms with E-state index in [-0.39, 0.29) is 5.75 Å². The molecule has 1 amide bonds. The molecule has 1 rings (SSSR count). The van der Waals surface area contributed by atoms with Crippen LogP contribution in [0.1, 0.15) is 26.3 Å². The SMILES string of the molecule is CN(Cc1ccc(O)c(N)c1)C(=O)OC(C)(C)C. The second-order valence-corrected chi connectivity index (χ2v) is 5.23. The minimum atomic E-state index is -0.515. The molecule has 0 radical (unpaired) electrons. The number of ether oxygens (including phenoxy) is 1. The van der Waals surface area contributed by atoms with Crippen LogP contribution in [0.25, 0.3) is 0 Å². The lowest BCUT2D eigenvalue weighted by Crippen LogP contribution is -2.33. The number of nitrogen functional groups attached to an aromatic ring is 1. The molecule has 0 atom stereocenters. The molecule has 18 heavy (non-hydrogen) atoms. The van der Waals surface area contributed by atoms with Crippen LogP contribution in [0.2, 0.25) is 0 Å². The van der Waals surface area contributed by atoms with Crippen molar-refractivity contribution in [1.82, 2.24) is 4.90 Å². The maximum absolute atomic E-state index is 11.7. The van der Waals surface area contributed by atoms with Crippen molar-refractivity contribution in [2.45, 2.75) is 32.9 Å². The standard InChI is InChI=1S/C13H20N2O3/c1-13(2,3)18-12(17)15(4)8-9-5-6-11(16)10(14)7-9/h5-7,16H,8,14H2,1-4H3. The highest BCUT2D eigenvalue weighted by atomic mass is 16.6. The second kappa shape index (κ2) is 5.16. The Morgan fingerprint density at radius 1 is 1.44 bits per heavy atom. The van der Waals surface area contributed by atoms with E-state index in [0.29, 0.717) is 12.2 Å². The van der Waals surface area contributed by atoms with Gasteiger partial charge in [0.25, 0.3) is 0 Å². The van der Waals surface area contributed by atoms with Crippen molar-refractivity contribution in [2.75, 3.05) is 12.8 Å². The number of rotatable bonds is 2. The third kappa shape index (κ3) is 4.16. The van der Waals surface area contributed by atoms with E-state index in [1.807, 2.05) is 20.8 Å². The Bertz CT molecular complexity index is 438. The summed E-state index contributed by atoms with van der Waals surface area (Å²) >= 11 is 0. The zero-order valence-corrected chi connectivity index (χ0v) is 11.2. The lowest BCUT2D eigenvalue weighted by atomic mass is 10.2. The summed E-state index contributed by atoms with van der Waals surface area (Å²) in [6.45, 7) is 5.82. The number of carbonyl (C=O) groups excluding carboxylic acids is 1. The number of benzene rings is 1. The summed E-state index contributed by atoms with van der Waals surface area (Å²) in [5, 5.41) is 9.31. The van der Waals surface area contributed by atoms with E-state index in [9.17, 15) is 9.90 Å². The van der Waals surface area contributed by atoms with Crippen LogP contribution in [-0.2, 0) is 11.3 Å². The first-order chi connectivity index (χ1) is 8.19. The van der Waals surface area contributed by atoms with E-state index in [1.165, 1.54) is 11.0 Å². The van der Waals surface area contributed by atoms with Gasteiger partial charge < -0.3 is 20.5 Å². The Morgan fingerprint density at radius 2 is 2.06 bits per heavy atom. The molecule has 0 aliphatic rings. The Morgan fingerprint density at radius 3 is 2.56 bits per heavy atom. The largest absolute Gasteiger partial charge is 0.506 e. The smallest absolute Gasteiger partial charge is 0.410 e. The van der Waals surface area contributed by atoms with Crippen molar-refractivity contribution in [3.05, 3.63) is 23.8 Å². The first-order valence-corrected chi connectivity index (χ1v) is 5.70. The van der Waals surface area contributed by atoms with E-state index in [1.54, 1.807) is 19.2 Å². The van der Waals surface area contributed by atoms with E-state index < -0.39 is 11.7 Å². The van der Waals surface area contributed by atoms with E-state index >= 15 is 0 Å². The third-order valence-corrected chi connectivity index (χ3v) is 2.22. The summed E-state index contributed by atoms with van der Waals surface area (Å²) in [5.74, 6) is 0.0404. The minimum Gasteiger partial charge on any atom is -0.506 e. The second-order valence-electron chi connectivity index (χ2n) is 5.23. The van der Waals surface area contributed by atoms with Crippen LogP contribution in [-0.4, -0.2) is 28.7 Å². The average molecular weight is 252 g/mol. The molecule has 0 bridgehead atoms. The van der Waals surface area contributed by atoms with Gasteiger partial charge in [0.15, 0.2) is 0 Å². The first kappa shape index (κ1) is 14.2. The summed E-state index contributed by atoms with van der Waals surface area (Å²) in [5.41, 5.74) is 6.20. The molecule has 0 saturated heterocycles. The minimum absolute atomic E-state index is 0.0404. The predicted octanol–water partition coefficient (Wildman–Crippen LogP) is 2.34. The topological polar surface area (TPSA) is 75.8 Å². The number of amides is 1. The van der Waals surface area contributed by atoms with E-state index in [4.69, 9.17) is 10.5 Å². The fraction of sp³-hybridized carbons (Fsp3) is 0.462. The molecule has 0 fully saturated rings. The highest BCUT2D eigenvalue weighted by Gasteiger charge is 2.19. The summed E-state index contributed by atoms with van der Waals surface area (Å²) in [6.07, 6.45) is -0.394. The molecule has 1 aromatic carbocycles. The van der Waals surface area contributed by atoms with Gasteiger partial charge in [-0.3, -0.25) is 0 Å². The lowest BCUT2D eigenvalue weighted by Gasteiger charge is -2.24. The summed E-state index contributed by atoms with van der Waals surface area (Å²) in [7, 11) is 1.65. The Labute approximate surface area is 107 Å². The van der Waals surface area contributed by atoms with Crippen LogP contribution in [0.15, 0.2) is 18.2 Å². The van der Waals surface area contributed by atoms with Gasteiger partial charge in [-0.2, -0.15) is 0 Å². The molecular weight excluding hydrogens is 232 g/mol.